The monoisotopic (exact) mass is 231 g/mol. The van der Waals surface area contributed by atoms with E-state index in [0.29, 0.717) is 18.5 Å². The van der Waals surface area contributed by atoms with Crippen LogP contribution < -0.4 is 0 Å². The molecular formula is C9H13NO4S. The lowest BCUT2D eigenvalue weighted by Gasteiger charge is -2.02. The van der Waals surface area contributed by atoms with Crippen molar-refractivity contribution in [1.29, 1.82) is 0 Å². The maximum atomic E-state index is 11.6. The summed E-state index contributed by atoms with van der Waals surface area (Å²) in [4.78, 5) is 3.99. The zero-order valence-corrected chi connectivity index (χ0v) is 9.20. The smallest absolute Gasteiger partial charge is 0.212 e. The highest BCUT2D eigenvalue weighted by Crippen LogP contribution is 2.34. The van der Waals surface area contributed by atoms with Crippen molar-refractivity contribution in [3.8, 4) is 0 Å². The third kappa shape index (κ3) is 1.91. The summed E-state index contributed by atoms with van der Waals surface area (Å²) in [7, 11) is -3.09. The zero-order chi connectivity index (χ0) is 11.1. The molecule has 2 atom stereocenters. The van der Waals surface area contributed by atoms with Crippen LogP contribution >= 0.6 is 0 Å². The number of nitrogens with zero attached hydrogens (tertiary/aromatic N) is 1. The quantitative estimate of drug-likeness (QED) is 0.820. The average Bonchev–Trinajstić information content (AvgIpc) is 2.69. The van der Waals surface area contributed by atoms with Gasteiger partial charge in [-0.3, -0.25) is 0 Å². The van der Waals surface area contributed by atoms with Crippen LogP contribution in [0.1, 0.15) is 42.7 Å². The van der Waals surface area contributed by atoms with E-state index in [2.05, 4.69) is 4.98 Å². The van der Waals surface area contributed by atoms with Gasteiger partial charge in [0, 0.05) is 0 Å². The highest BCUT2D eigenvalue weighted by Gasteiger charge is 2.36. The molecular weight excluding hydrogens is 218 g/mol. The molecule has 1 aliphatic heterocycles. The first-order valence-corrected chi connectivity index (χ1v) is 6.57. The van der Waals surface area contributed by atoms with E-state index in [1.54, 1.807) is 6.92 Å². The van der Waals surface area contributed by atoms with Gasteiger partial charge in [0.2, 0.25) is 5.89 Å². The summed E-state index contributed by atoms with van der Waals surface area (Å²) in [6.07, 6.45) is 1.79. The maximum Gasteiger partial charge on any atom is 0.212 e. The van der Waals surface area contributed by atoms with Crippen LogP contribution in [0.15, 0.2) is 10.7 Å². The molecule has 0 bridgehead atoms. The molecule has 0 aromatic carbocycles. The first kappa shape index (κ1) is 10.6. The molecule has 15 heavy (non-hydrogen) atoms. The molecule has 0 radical (unpaired) electrons. The molecule has 1 aliphatic rings. The Hall–Kier alpha value is -0.880. The van der Waals surface area contributed by atoms with E-state index >= 15 is 0 Å². The molecule has 2 unspecified atom stereocenters. The van der Waals surface area contributed by atoms with Crippen molar-refractivity contribution in [2.75, 3.05) is 5.75 Å². The van der Waals surface area contributed by atoms with E-state index in [0.717, 1.165) is 0 Å². The lowest BCUT2D eigenvalue weighted by Crippen LogP contribution is -2.08. The van der Waals surface area contributed by atoms with Crippen LogP contribution in [-0.2, 0) is 9.84 Å². The van der Waals surface area contributed by atoms with Crippen LogP contribution in [-0.4, -0.2) is 24.3 Å². The molecule has 1 aromatic heterocycles. The minimum atomic E-state index is -3.09. The first-order valence-electron chi connectivity index (χ1n) is 4.85. The second kappa shape index (κ2) is 3.61. The third-order valence-corrected chi connectivity index (χ3v) is 4.73. The van der Waals surface area contributed by atoms with Crippen LogP contribution in [0.4, 0.5) is 0 Å². The Morgan fingerprint density at radius 1 is 1.67 bits per heavy atom. The van der Waals surface area contributed by atoms with Crippen molar-refractivity contribution in [2.45, 2.75) is 31.1 Å². The minimum Gasteiger partial charge on any atom is -0.447 e. The number of aliphatic hydroxyl groups excluding tert-OH is 1. The van der Waals surface area contributed by atoms with Gasteiger partial charge in [-0.1, -0.05) is 0 Å². The van der Waals surface area contributed by atoms with E-state index < -0.39 is 21.2 Å². The highest BCUT2D eigenvalue weighted by molar-refractivity contribution is 7.91. The van der Waals surface area contributed by atoms with Crippen LogP contribution in [0, 0.1) is 0 Å². The van der Waals surface area contributed by atoms with Gasteiger partial charge in [0.25, 0.3) is 0 Å². The van der Waals surface area contributed by atoms with E-state index in [-0.39, 0.29) is 11.6 Å². The molecule has 1 N–H and O–H groups in total. The molecule has 1 aromatic rings. The SMILES string of the molecule is CC(O)c1coc(C2CCCS2(=O)=O)n1. The van der Waals surface area contributed by atoms with Gasteiger partial charge in [0.1, 0.15) is 17.2 Å². The van der Waals surface area contributed by atoms with Crippen LogP contribution in [0.2, 0.25) is 0 Å². The van der Waals surface area contributed by atoms with E-state index in [1.165, 1.54) is 6.26 Å². The van der Waals surface area contributed by atoms with Crippen molar-refractivity contribution >= 4 is 9.84 Å². The standard InChI is InChI=1S/C9H13NO4S/c1-6(11)7-5-14-9(10-7)8-3-2-4-15(8,12)13/h5-6,8,11H,2-4H2,1H3. The van der Waals surface area contributed by atoms with Crippen LogP contribution in [0.3, 0.4) is 0 Å². The van der Waals surface area contributed by atoms with Crippen molar-refractivity contribution in [3.05, 3.63) is 17.8 Å². The van der Waals surface area contributed by atoms with Gasteiger partial charge >= 0.3 is 0 Å². The molecule has 2 rings (SSSR count). The minimum absolute atomic E-state index is 0.198. The predicted molar refractivity (Wildman–Crippen MR) is 52.9 cm³/mol. The normalized spacial score (nSPS) is 26.7. The number of hydrogen-bond donors (Lipinski definition) is 1. The number of oxazole rings is 1. The van der Waals surface area contributed by atoms with Crippen molar-refractivity contribution in [1.82, 2.24) is 4.98 Å². The number of aliphatic hydroxyl groups is 1. The average molecular weight is 231 g/mol. The molecule has 0 saturated carbocycles. The summed E-state index contributed by atoms with van der Waals surface area (Å²) in [5.41, 5.74) is 0.382. The molecule has 84 valence electrons. The molecule has 6 heteroatoms. The molecule has 1 saturated heterocycles. The molecule has 0 spiro atoms. The Balaban J connectivity index is 2.30. The Bertz CT molecular complexity index is 448. The van der Waals surface area contributed by atoms with Gasteiger partial charge in [-0.2, -0.15) is 0 Å². The maximum absolute atomic E-state index is 11.6. The summed E-state index contributed by atoms with van der Waals surface area (Å²) >= 11 is 0. The molecule has 0 amide bonds. The van der Waals surface area contributed by atoms with Gasteiger partial charge in [-0.05, 0) is 19.8 Å². The van der Waals surface area contributed by atoms with Gasteiger partial charge < -0.3 is 9.52 Å². The fourth-order valence-electron chi connectivity index (χ4n) is 1.71. The van der Waals surface area contributed by atoms with Gasteiger partial charge in [-0.15, -0.1) is 0 Å². The second-order valence-corrected chi connectivity index (χ2v) is 6.09. The number of sulfone groups is 1. The summed E-state index contributed by atoms with van der Waals surface area (Å²) in [5, 5.41) is 8.62. The van der Waals surface area contributed by atoms with E-state index in [9.17, 15) is 13.5 Å². The molecule has 2 heterocycles. The Morgan fingerprint density at radius 2 is 2.40 bits per heavy atom. The topological polar surface area (TPSA) is 80.4 Å². The van der Waals surface area contributed by atoms with Crippen LogP contribution in [0.25, 0.3) is 0 Å². The first-order chi connectivity index (χ1) is 7.00. The largest absolute Gasteiger partial charge is 0.447 e. The van der Waals surface area contributed by atoms with E-state index in [4.69, 9.17) is 4.42 Å². The zero-order valence-electron chi connectivity index (χ0n) is 8.38. The summed E-state index contributed by atoms with van der Waals surface area (Å²) < 4.78 is 28.3. The van der Waals surface area contributed by atoms with Crippen LogP contribution in [0.5, 0.6) is 0 Å². The predicted octanol–water partition coefficient (Wildman–Crippen LogP) is 0.978. The third-order valence-electron chi connectivity index (χ3n) is 2.57. The summed E-state index contributed by atoms with van der Waals surface area (Å²) in [6, 6.07) is 0. The Labute approximate surface area is 88.0 Å². The highest BCUT2D eigenvalue weighted by atomic mass is 32.2. The van der Waals surface area contributed by atoms with Gasteiger partial charge in [0.05, 0.1) is 11.9 Å². The molecule has 0 aliphatic carbocycles. The fourth-order valence-corrected chi connectivity index (χ4v) is 3.50. The number of rotatable bonds is 2. The summed E-state index contributed by atoms with van der Waals surface area (Å²) in [6.45, 7) is 1.56. The fraction of sp³-hybridized carbons (Fsp3) is 0.667. The van der Waals surface area contributed by atoms with E-state index in [1.807, 2.05) is 0 Å². The second-order valence-electron chi connectivity index (χ2n) is 3.78. The molecule has 5 nitrogen and oxygen atoms in total. The Kier molecular flexibility index (Phi) is 2.56. The summed E-state index contributed by atoms with van der Waals surface area (Å²) in [5.74, 6) is 0.410. The molecule has 1 fully saturated rings. The van der Waals surface area contributed by atoms with Gasteiger partial charge in [-0.25, -0.2) is 13.4 Å². The lowest BCUT2D eigenvalue weighted by molar-refractivity contribution is 0.194. The lowest BCUT2D eigenvalue weighted by atomic mass is 10.2. The number of aromatic nitrogens is 1. The van der Waals surface area contributed by atoms with Crippen molar-refractivity contribution in [2.24, 2.45) is 0 Å². The van der Waals surface area contributed by atoms with Crippen molar-refractivity contribution < 1.29 is 17.9 Å². The van der Waals surface area contributed by atoms with Crippen molar-refractivity contribution in [3.63, 3.8) is 0 Å². The van der Waals surface area contributed by atoms with Gasteiger partial charge in [0.15, 0.2) is 9.84 Å². The Morgan fingerprint density at radius 3 is 2.87 bits per heavy atom. The number of hydrogen-bond acceptors (Lipinski definition) is 5.